The fourth-order valence-electron chi connectivity index (χ4n) is 10.4. The van der Waals surface area contributed by atoms with Crippen LogP contribution in [-0.4, -0.2) is 0 Å². The van der Waals surface area contributed by atoms with Crippen LogP contribution >= 0.6 is 0 Å². The standard InChI is InChI=1S/C46H38/c1-2-10-33(11-3-1)37-24-38(26-39(25-37)46-27-30-20-31(28-46)22-32(21-30)29-46)45-42-16-8-6-14-40(42)44(41-15-7-9-17-43(41)45)36-19-18-34-12-4-5-13-35(34)23-36/h1-19,23-26,30-32H,20-22,27-29H2. The summed E-state index contributed by atoms with van der Waals surface area (Å²) in [4.78, 5) is 0. The Kier molecular flexibility index (Phi) is 5.86. The number of hydrogen-bond acceptors (Lipinski definition) is 0. The quantitative estimate of drug-likeness (QED) is 0.179. The zero-order valence-corrected chi connectivity index (χ0v) is 26.3. The van der Waals surface area contributed by atoms with E-state index in [4.69, 9.17) is 0 Å². The molecule has 0 nitrogen and oxygen atoms in total. The van der Waals surface area contributed by atoms with Gasteiger partial charge in [-0.15, -0.1) is 0 Å². The molecule has 7 aromatic rings. The fraction of sp³-hybridized carbons (Fsp3) is 0.217. The first kappa shape index (κ1) is 26.5. The number of rotatable bonds is 4. The molecule has 46 heavy (non-hydrogen) atoms. The minimum atomic E-state index is 0.324. The molecule has 0 heteroatoms. The molecule has 0 amide bonds. The summed E-state index contributed by atoms with van der Waals surface area (Å²) in [6, 6.07) is 52.8. The van der Waals surface area contributed by atoms with Gasteiger partial charge in [0.1, 0.15) is 0 Å². The third-order valence-corrected chi connectivity index (χ3v) is 11.9. The van der Waals surface area contributed by atoms with E-state index in [1.54, 1.807) is 5.56 Å². The summed E-state index contributed by atoms with van der Waals surface area (Å²) in [6.45, 7) is 0. The molecule has 0 unspecified atom stereocenters. The lowest BCUT2D eigenvalue weighted by molar-refractivity contribution is -0.00515. The van der Waals surface area contributed by atoms with Crippen LogP contribution in [-0.2, 0) is 5.41 Å². The molecule has 0 radical (unpaired) electrons. The zero-order chi connectivity index (χ0) is 30.2. The van der Waals surface area contributed by atoms with Crippen LogP contribution in [0, 0.1) is 17.8 Å². The van der Waals surface area contributed by atoms with Crippen LogP contribution in [0.15, 0.2) is 140 Å². The van der Waals surface area contributed by atoms with Gasteiger partial charge in [0, 0.05) is 0 Å². The first-order valence-corrected chi connectivity index (χ1v) is 17.3. The molecule has 0 saturated heterocycles. The summed E-state index contributed by atoms with van der Waals surface area (Å²) in [7, 11) is 0. The summed E-state index contributed by atoms with van der Waals surface area (Å²) >= 11 is 0. The van der Waals surface area contributed by atoms with Crippen molar-refractivity contribution in [1.29, 1.82) is 0 Å². The molecule has 4 aliphatic carbocycles. The largest absolute Gasteiger partial charge is 0.0622 e. The monoisotopic (exact) mass is 590 g/mol. The molecule has 7 aromatic carbocycles. The van der Waals surface area contributed by atoms with Gasteiger partial charge >= 0.3 is 0 Å². The second kappa shape index (κ2) is 10.2. The predicted octanol–water partition coefficient (Wildman–Crippen LogP) is 12.6. The molecule has 0 heterocycles. The molecule has 0 aliphatic heterocycles. The molecule has 4 saturated carbocycles. The normalized spacial score (nSPS) is 23.4. The molecule has 4 fully saturated rings. The van der Waals surface area contributed by atoms with Gasteiger partial charge in [0.15, 0.2) is 0 Å². The lowest BCUT2D eigenvalue weighted by Gasteiger charge is -2.57. The zero-order valence-electron chi connectivity index (χ0n) is 26.3. The van der Waals surface area contributed by atoms with Gasteiger partial charge in [-0.1, -0.05) is 127 Å². The van der Waals surface area contributed by atoms with Gasteiger partial charge in [-0.2, -0.15) is 0 Å². The van der Waals surface area contributed by atoms with Crippen molar-refractivity contribution in [3.63, 3.8) is 0 Å². The Hall–Kier alpha value is -4.68. The molecule has 222 valence electrons. The van der Waals surface area contributed by atoms with Crippen LogP contribution in [0.2, 0.25) is 0 Å². The van der Waals surface area contributed by atoms with Gasteiger partial charge in [-0.25, -0.2) is 0 Å². The van der Waals surface area contributed by atoms with Gasteiger partial charge in [0.25, 0.3) is 0 Å². The molecule has 4 bridgehead atoms. The van der Waals surface area contributed by atoms with Crippen LogP contribution < -0.4 is 0 Å². The third kappa shape index (κ3) is 4.12. The highest BCUT2D eigenvalue weighted by Crippen LogP contribution is 2.61. The van der Waals surface area contributed by atoms with Crippen molar-refractivity contribution in [2.45, 2.75) is 43.9 Å². The summed E-state index contributed by atoms with van der Waals surface area (Å²) in [5, 5.41) is 7.90. The number of benzene rings is 7. The number of fused-ring (bicyclic) bond motifs is 3. The van der Waals surface area contributed by atoms with Crippen LogP contribution in [0.5, 0.6) is 0 Å². The average Bonchev–Trinajstić information content (AvgIpc) is 3.10. The van der Waals surface area contributed by atoms with E-state index >= 15 is 0 Å². The van der Waals surface area contributed by atoms with Crippen LogP contribution in [0.4, 0.5) is 0 Å². The van der Waals surface area contributed by atoms with E-state index in [0.29, 0.717) is 5.41 Å². The first-order chi connectivity index (χ1) is 22.7. The Balaban J connectivity index is 1.26. The van der Waals surface area contributed by atoms with E-state index in [1.165, 1.54) is 104 Å². The predicted molar refractivity (Wildman–Crippen MR) is 195 cm³/mol. The smallest absolute Gasteiger partial charge is 0.00261 e. The minimum Gasteiger partial charge on any atom is -0.0622 e. The Bertz CT molecular complexity index is 2200. The molecule has 0 atom stereocenters. The SMILES string of the molecule is c1ccc(-c2cc(-c3c4ccccc4c(-c4ccc5ccccc5c4)c4ccccc34)cc(C34CC5CC(CC(C5)C3)C4)c2)cc1. The van der Waals surface area contributed by atoms with Crippen molar-refractivity contribution in [3.8, 4) is 33.4 Å². The van der Waals surface area contributed by atoms with E-state index in [0.717, 1.165) is 17.8 Å². The van der Waals surface area contributed by atoms with Crippen molar-refractivity contribution in [2.75, 3.05) is 0 Å². The summed E-state index contributed by atoms with van der Waals surface area (Å²) in [5.74, 6) is 2.74. The summed E-state index contributed by atoms with van der Waals surface area (Å²) in [5.41, 5.74) is 9.95. The van der Waals surface area contributed by atoms with E-state index < -0.39 is 0 Å². The second-order valence-electron chi connectivity index (χ2n) is 14.8. The molecular weight excluding hydrogens is 553 g/mol. The molecule has 0 N–H and O–H groups in total. The summed E-state index contributed by atoms with van der Waals surface area (Å²) < 4.78 is 0. The summed E-state index contributed by atoms with van der Waals surface area (Å²) in [6.07, 6.45) is 8.53. The van der Waals surface area contributed by atoms with E-state index in [-0.39, 0.29) is 0 Å². The Morgan fingerprint density at radius 1 is 0.370 bits per heavy atom. The third-order valence-electron chi connectivity index (χ3n) is 11.9. The van der Waals surface area contributed by atoms with Crippen molar-refractivity contribution in [3.05, 3.63) is 145 Å². The molecule has 0 aromatic heterocycles. The maximum Gasteiger partial charge on any atom is -0.00261 e. The maximum atomic E-state index is 2.63. The van der Waals surface area contributed by atoms with Gasteiger partial charge in [0.05, 0.1) is 0 Å². The second-order valence-corrected chi connectivity index (χ2v) is 14.8. The van der Waals surface area contributed by atoms with Gasteiger partial charge < -0.3 is 0 Å². The van der Waals surface area contributed by atoms with Crippen molar-refractivity contribution in [2.24, 2.45) is 17.8 Å². The van der Waals surface area contributed by atoms with Gasteiger partial charge in [-0.3, -0.25) is 0 Å². The van der Waals surface area contributed by atoms with Crippen molar-refractivity contribution >= 4 is 32.3 Å². The molecule has 4 aliphatic rings. The van der Waals surface area contributed by atoms with Gasteiger partial charge in [0.2, 0.25) is 0 Å². The minimum absolute atomic E-state index is 0.324. The van der Waals surface area contributed by atoms with Crippen LogP contribution in [0.1, 0.15) is 44.1 Å². The molecule has 11 rings (SSSR count). The van der Waals surface area contributed by atoms with Crippen molar-refractivity contribution in [1.82, 2.24) is 0 Å². The Labute approximate surface area is 271 Å². The highest BCUT2D eigenvalue weighted by atomic mass is 14.6. The first-order valence-electron chi connectivity index (χ1n) is 17.3. The highest BCUT2D eigenvalue weighted by Gasteiger charge is 2.51. The molecule has 0 spiro atoms. The van der Waals surface area contributed by atoms with Crippen LogP contribution in [0.25, 0.3) is 65.7 Å². The Morgan fingerprint density at radius 2 is 0.870 bits per heavy atom. The lowest BCUT2D eigenvalue weighted by atomic mass is 9.48. The molecular formula is C46H38. The van der Waals surface area contributed by atoms with Crippen molar-refractivity contribution < 1.29 is 0 Å². The Morgan fingerprint density at radius 3 is 1.48 bits per heavy atom. The highest BCUT2D eigenvalue weighted by molar-refractivity contribution is 6.21. The van der Waals surface area contributed by atoms with E-state index in [2.05, 4.69) is 140 Å². The van der Waals surface area contributed by atoms with Crippen LogP contribution in [0.3, 0.4) is 0 Å². The maximum absolute atomic E-state index is 2.63. The average molecular weight is 591 g/mol. The van der Waals surface area contributed by atoms with Gasteiger partial charge in [-0.05, 0) is 145 Å². The number of hydrogen-bond donors (Lipinski definition) is 0. The topological polar surface area (TPSA) is 0 Å². The van der Waals surface area contributed by atoms with E-state index in [1.807, 2.05) is 0 Å². The van der Waals surface area contributed by atoms with E-state index in [9.17, 15) is 0 Å². The fourth-order valence-corrected chi connectivity index (χ4v) is 10.4. The lowest BCUT2D eigenvalue weighted by Crippen LogP contribution is -2.48.